The number of nitrogens with two attached hydrogens (primary N) is 1. The zero-order chi connectivity index (χ0) is 13.2. The van der Waals surface area contributed by atoms with E-state index in [2.05, 4.69) is 10.3 Å². The van der Waals surface area contributed by atoms with Crippen LogP contribution in [0.5, 0.6) is 0 Å². The molecule has 2 aromatic rings. The van der Waals surface area contributed by atoms with Crippen molar-refractivity contribution in [3.05, 3.63) is 47.8 Å². The van der Waals surface area contributed by atoms with Crippen molar-refractivity contribution in [1.82, 2.24) is 4.98 Å². The van der Waals surface area contributed by atoms with E-state index in [1.807, 2.05) is 25.3 Å². The van der Waals surface area contributed by atoms with Crippen molar-refractivity contribution >= 4 is 15.7 Å². The molecule has 0 unspecified atom stereocenters. The van der Waals surface area contributed by atoms with Crippen LogP contribution in [0, 0.1) is 6.92 Å². The lowest BCUT2D eigenvalue weighted by Crippen LogP contribution is -2.13. The standard InChI is InChI=1S/C12H15N3O2S/c1-9-4-5-11(18(13,16)17)7-12(9)15-8-10-3-2-6-14-10/h2-7,14-15H,8H2,1H3,(H2,13,16,17). The third-order valence-electron chi connectivity index (χ3n) is 2.67. The number of rotatable bonds is 4. The number of aromatic amines is 1. The number of aromatic nitrogens is 1. The predicted molar refractivity (Wildman–Crippen MR) is 70.7 cm³/mol. The first-order valence-corrected chi connectivity index (χ1v) is 7.01. The topological polar surface area (TPSA) is 88.0 Å². The fourth-order valence-electron chi connectivity index (χ4n) is 1.64. The van der Waals surface area contributed by atoms with E-state index in [0.29, 0.717) is 6.54 Å². The molecule has 0 radical (unpaired) electrons. The smallest absolute Gasteiger partial charge is 0.238 e. The lowest BCUT2D eigenvalue weighted by Gasteiger charge is -2.10. The summed E-state index contributed by atoms with van der Waals surface area (Å²) in [5.41, 5.74) is 2.75. The van der Waals surface area contributed by atoms with Crippen LogP contribution < -0.4 is 10.5 Å². The van der Waals surface area contributed by atoms with Gasteiger partial charge in [0, 0.05) is 17.6 Å². The summed E-state index contributed by atoms with van der Waals surface area (Å²) in [4.78, 5) is 3.18. The second-order valence-corrected chi connectivity index (χ2v) is 5.63. The number of nitrogens with one attached hydrogen (secondary N) is 2. The van der Waals surface area contributed by atoms with Gasteiger partial charge in [0.25, 0.3) is 0 Å². The summed E-state index contributed by atoms with van der Waals surface area (Å²) >= 11 is 0. The minimum atomic E-state index is -3.66. The molecule has 0 bridgehead atoms. The van der Waals surface area contributed by atoms with Gasteiger partial charge in [0.1, 0.15) is 0 Å². The summed E-state index contributed by atoms with van der Waals surface area (Å²) in [6.45, 7) is 2.51. The summed E-state index contributed by atoms with van der Waals surface area (Å²) in [6, 6.07) is 8.64. The first kappa shape index (κ1) is 12.7. The van der Waals surface area contributed by atoms with Gasteiger partial charge in [0.15, 0.2) is 0 Å². The van der Waals surface area contributed by atoms with Crippen LogP contribution in [0.3, 0.4) is 0 Å². The van der Waals surface area contributed by atoms with Gasteiger partial charge in [-0.05, 0) is 36.8 Å². The molecule has 0 fully saturated rings. The molecule has 0 aliphatic heterocycles. The van der Waals surface area contributed by atoms with Gasteiger partial charge < -0.3 is 10.3 Å². The maximum absolute atomic E-state index is 11.3. The number of sulfonamides is 1. The molecule has 0 aliphatic rings. The Morgan fingerprint density at radius 1 is 1.33 bits per heavy atom. The average Bonchev–Trinajstić information content (AvgIpc) is 2.79. The number of hydrogen-bond donors (Lipinski definition) is 3. The zero-order valence-corrected chi connectivity index (χ0v) is 10.8. The first-order chi connectivity index (χ1) is 8.47. The highest BCUT2D eigenvalue weighted by Gasteiger charge is 2.09. The van der Waals surface area contributed by atoms with Crippen LogP contribution in [-0.2, 0) is 16.6 Å². The lowest BCUT2D eigenvalue weighted by molar-refractivity contribution is 0.598. The molecule has 4 N–H and O–H groups in total. The largest absolute Gasteiger partial charge is 0.379 e. The lowest BCUT2D eigenvalue weighted by atomic mass is 10.2. The van der Waals surface area contributed by atoms with Crippen molar-refractivity contribution in [1.29, 1.82) is 0 Å². The fourth-order valence-corrected chi connectivity index (χ4v) is 2.18. The van der Waals surface area contributed by atoms with Crippen molar-refractivity contribution in [3.63, 3.8) is 0 Å². The van der Waals surface area contributed by atoms with Crippen LogP contribution in [0.15, 0.2) is 41.4 Å². The Morgan fingerprint density at radius 3 is 2.72 bits per heavy atom. The Labute approximate surface area is 106 Å². The number of aryl methyl sites for hydroxylation is 1. The van der Waals surface area contributed by atoms with Gasteiger partial charge in [-0.15, -0.1) is 0 Å². The van der Waals surface area contributed by atoms with E-state index in [9.17, 15) is 8.42 Å². The summed E-state index contributed by atoms with van der Waals surface area (Å²) in [5, 5.41) is 8.28. The Morgan fingerprint density at radius 2 is 2.11 bits per heavy atom. The Kier molecular flexibility index (Phi) is 3.40. The highest BCUT2D eigenvalue weighted by atomic mass is 32.2. The monoisotopic (exact) mass is 265 g/mol. The number of hydrogen-bond acceptors (Lipinski definition) is 3. The molecule has 1 aromatic carbocycles. The Bertz CT molecular complexity index is 633. The summed E-state index contributed by atoms with van der Waals surface area (Å²) in [6.07, 6.45) is 1.84. The van der Waals surface area contributed by atoms with Crippen molar-refractivity contribution in [3.8, 4) is 0 Å². The molecule has 96 valence electrons. The molecule has 1 heterocycles. The van der Waals surface area contributed by atoms with Gasteiger partial charge in [-0.3, -0.25) is 0 Å². The predicted octanol–water partition coefficient (Wildman–Crippen LogP) is 1.58. The third kappa shape index (κ3) is 2.91. The molecule has 1 aromatic heterocycles. The minimum Gasteiger partial charge on any atom is -0.379 e. The van der Waals surface area contributed by atoms with E-state index in [0.717, 1.165) is 16.9 Å². The van der Waals surface area contributed by atoms with Gasteiger partial charge >= 0.3 is 0 Å². The first-order valence-electron chi connectivity index (χ1n) is 5.46. The molecule has 0 spiro atoms. The van der Waals surface area contributed by atoms with Gasteiger partial charge in [-0.25, -0.2) is 13.6 Å². The molecule has 0 atom stereocenters. The molecule has 0 saturated heterocycles. The van der Waals surface area contributed by atoms with Crippen molar-refractivity contribution in [2.75, 3.05) is 5.32 Å². The molecule has 2 rings (SSSR count). The van der Waals surface area contributed by atoms with Gasteiger partial charge in [0.2, 0.25) is 10.0 Å². The summed E-state index contributed by atoms with van der Waals surface area (Å²) < 4.78 is 22.5. The van der Waals surface area contributed by atoms with Crippen molar-refractivity contribution in [2.45, 2.75) is 18.4 Å². The van der Waals surface area contributed by atoms with Crippen molar-refractivity contribution in [2.24, 2.45) is 5.14 Å². The summed E-state index contributed by atoms with van der Waals surface area (Å²) in [5.74, 6) is 0. The second-order valence-electron chi connectivity index (χ2n) is 4.07. The fraction of sp³-hybridized carbons (Fsp3) is 0.167. The Balaban J connectivity index is 2.22. The second kappa shape index (κ2) is 4.83. The molecular formula is C12H15N3O2S. The van der Waals surface area contributed by atoms with E-state index >= 15 is 0 Å². The van der Waals surface area contributed by atoms with E-state index in [1.54, 1.807) is 12.1 Å². The molecule has 0 aliphatic carbocycles. The van der Waals surface area contributed by atoms with E-state index < -0.39 is 10.0 Å². The normalized spacial score (nSPS) is 11.4. The van der Waals surface area contributed by atoms with Gasteiger partial charge in [0.05, 0.1) is 11.4 Å². The number of benzene rings is 1. The quantitative estimate of drug-likeness (QED) is 0.784. The van der Waals surface area contributed by atoms with Crippen LogP contribution in [0.4, 0.5) is 5.69 Å². The maximum atomic E-state index is 11.3. The molecular weight excluding hydrogens is 250 g/mol. The van der Waals surface area contributed by atoms with E-state index in [-0.39, 0.29) is 4.90 Å². The molecule has 0 saturated carbocycles. The molecule has 18 heavy (non-hydrogen) atoms. The van der Waals surface area contributed by atoms with Crippen LogP contribution in [0.1, 0.15) is 11.3 Å². The Hall–Kier alpha value is -1.79. The van der Waals surface area contributed by atoms with Crippen LogP contribution >= 0.6 is 0 Å². The molecule has 6 heteroatoms. The number of primary sulfonamides is 1. The minimum absolute atomic E-state index is 0.113. The van der Waals surface area contributed by atoms with Crippen LogP contribution in [0.25, 0.3) is 0 Å². The van der Waals surface area contributed by atoms with Crippen LogP contribution in [-0.4, -0.2) is 13.4 Å². The average molecular weight is 265 g/mol. The highest BCUT2D eigenvalue weighted by Crippen LogP contribution is 2.19. The van der Waals surface area contributed by atoms with E-state index in [1.165, 1.54) is 6.07 Å². The molecule has 5 nitrogen and oxygen atoms in total. The van der Waals surface area contributed by atoms with Gasteiger partial charge in [-0.2, -0.15) is 0 Å². The van der Waals surface area contributed by atoms with Crippen LogP contribution in [0.2, 0.25) is 0 Å². The SMILES string of the molecule is Cc1ccc(S(N)(=O)=O)cc1NCc1ccc[nH]1. The van der Waals surface area contributed by atoms with Gasteiger partial charge in [-0.1, -0.05) is 6.07 Å². The maximum Gasteiger partial charge on any atom is 0.238 e. The summed E-state index contributed by atoms with van der Waals surface area (Å²) in [7, 11) is -3.66. The zero-order valence-electron chi connectivity index (χ0n) is 9.97. The number of H-pyrrole nitrogens is 1. The third-order valence-corrected chi connectivity index (χ3v) is 3.58. The number of anilines is 1. The highest BCUT2D eigenvalue weighted by molar-refractivity contribution is 7.89. The molecule has 0 amide bonds. The van der Waals surface area contributed by atoms with E-state index in [4.69, 9.17) is 5.14 Å². The van der Waals surface area contributed by atoms with Crippen molar-refractivity contribution < 1.29 is 8.42 Å².